The second kappa shape index (κ2) is 3.91. The van der Waals surface area contributed by atoms with Gasteiger partial charge in [0.2, 0.25) is 0 Å². The molecule has 0 saturated carbocycles. The molecule has 0 unspecified atom stereocenters. The van der Waals surface area contributed by atoms with Gasteiger partial charge in [-0.3, -0.25) is 0 Å². The standard InChI is InChI=1S/C14H16N4/c1-17-8-10(11-5-3-4-6-12(11)17)7-14-16-13(15)9-18(14)2/h3-6,8-9H,7,15H2,1-2H3. The second-order valence-electron chi connectivity index (χ2n) is 4.65. The SMILES string of the molecule is Cn1cc(N)nc1Cc1cn(C)c2ccccc12. The van der Waals surface area contributed by atoms with Crippen LogP contribution in [0.25, 0.3) is 10.9 Å². The fourth-order valence-electron chi connectivity index (χ4n) is 2.43. The number of rotatable bonds is 2. The average Bonchev–Trinajstić information content (AvgIpc) is 2.82. The molecule has 4 heteroatoms. The van der Waals surface area contributed by atoms with Crippen molar-refractivity contribution in [2.45, 2.75) is 6.42 Å². The minimum absolute atomic E-state index is 0.577. The summed E-state index contributed by atoms with van der Waals surface area (Å²) in [5.74, 6) is 1.57. The van der Waals surface area contributed by atoms with Crippen LogP contribution in [0.2, 0.25) is 0 Å². The van der Waals surface area contributed by atoms with Crippen molar-refractivity contribution in [3.63, 3.8) is 0 Å². The molecule has 2 aromatic heterocycles. The van der Waals surface area contributed by atoms with Gasteiger partial charge in [0, 0.05) is 43.8 Å². The number of hydrogen-bond donors (Lipinski definition) is 1. The molecule has 0 aliphatic heterocycles. The molecule has 0 spiro atoms. The summed E-state index contributed by atoms with van der Waals surface area (Å²) >= 11 is 0. The van der Waals surface area contributed by atoms with Gasteiger partial charge in [0.15, 0.2) is 0 Å². The summed E-state index contributed by atoms with van der Waals surface area (Å²) in [6.07, 6.45) is 4.81. The number of aromatic nitrogens is 3. The lowest BCUT2D eigenvalue weighted by Crippen LogP contribution is -1.97. The van der Waals surface area contributed by atoms with Crippen LogP contribution in [-0.2, 0) is 20.5 Å². The van der Waals surface area contributed by atoms with Gasteiger partial charge in [-0.1, -0.05) is 18.2 Å². The van der Waals surface area contributed by atoms with Gasteiger partial charge in [-0.2, -0.15) is 0 Å². The van der Waals surface area contributed by atoms with E-state index in [0.29, 0.717) is 5.82 Å². The molecule has 2 heterocycles. The summed E-state index contributed by atoms with van der Waals surface area (Å²) in [6.45, 7) is 0. The van der Waals surface area contributed by atoms with Crippen molar-refractivity contribution in [3.05, 3.63) is 48.0 Å². The number of nitrogen functional groups attached to an aromatic ring is 1. The summed E-state index contributed by atoms with van der Waals surface area (Å²) in [6, 6.07) is 8.41. The summed E-state index contributed by atoms with van der Waals surface area (Å²) < 4.78 is 4.13. The quantitative estimate of drug-likeness (QED) is 0.745. The van der Waals surface area contributed by atoms with Gasteiger partial charge in [0.25, 0.3) is 0 Å². The molecular formula is C14H16N4. The zero-order chi connectivity index (χ0) is 12.7. The van der Waals surface area contributed by atoms with E-state index >= 15 is 0 Å². The van der Waals surface area contributed by atoms with Crippen molar-refractivity contribution in [3.8, 4) is 0 Å². The predicted octanol–water partition coefficient (Wildman–Crippen LogP) is 2.08. The van der Waals surface area contributed by atoms with E-state index < -0.39 is 0 Å². The molecule has 0 atom stereocenters. The van der Waals surface area contributed by atoms with E-state index in [0.717, 1.165) is 12.2 Å². The van der Waals surface area contributed by atoms with Crippen molar-refractivity contribution < 1.29 is 0 Å². The Morgan fingerprint density at radius 2 is 1.89 bits per heavy atom. The topological polar surface area (TPSA) is 48.8 Å². The van der Waals surface area contributed by atoms with Crippen LogP contribution in [0.15, 0.2) is 36.7 Å². The van der Waals surface area contributed by atoms with Gasteiger partial charge in [-0.25, -0.2) is 4.98 Å². The lowest BCUT2D eigenvalue weighted by atomic mass is 10.1. The number of nitrogens with zero attached hydrogens (tertiary/aromatic N) is 3. The largest absolute Gasteiger partial charge is 0.382 e. The Bertz CT molecular complexity index is 706. The summed E-state index contributed by atoms with van der Waals surface area (Å²) in [4.78, 5) is 4.35. The van der Waals surface area contributed by atoms with Crippen LogP contribution in [0.3, 0.4) is 0 Å². The Morgan fingerprint density at radius 3 is 2.61 bits per heavy atom. The molecule has 18 heavy (non-hydrogen) atoms. The van der Waals surface area contributed by atoms with Crippen LogP contribution >= 0.6 is 0 Å². The normalized spacial score (nSPS) is 11.2. The second-order valence-corrected chi connectivity index (χ2v) is 4.65. The molecule has 92 valence electrons. The van der Waals surface area contributed by atoms with Gasteiger partial charge in [-0.15, -0.1) is 0 Å². The number of benzene rings is 1. The first-order valence-electron chi connectivity index (χ1n) is 5.96. The average molecular weight is 240 g/mol. The lowest BCUT2D eigenvalue weighted by Gasteiger charge is -2.00. The van der Waals surface area contributed by atoms with Gasteiger partial charge < -0.3 is 14.9 Å². The van der Waals surface area contributed by atoms with E-state index in [4.69, 9.17) is 5.73 Å². The third-order valence-corrected chi connectivity index (χ3v) is 3.32. The smallest absolute Gasteiger partial charge is 0.141 e. The van der Waals surface area contributed by atoms with Crippen LogP contribution in [0.4, 0.5) is 5.82 Å². The summed E-state index contributed by atoms with van der Waals surface area (Å²) in [7, 11) is 4.04. The lowest BCUT2D eigenvalue weighted by molar-refractivity contribution is 0.821. The van der Waals surface area contributed by atoms with E-state index in [1.807, 2.05) is 17.8 Å². The van der Waals surface area contributed by atoms with Gasteiger partial charge in [-0.05, 0) is 11.6 Å². The van der Waals surface area contributed by atoms with Gasteiger partial charge in [0.1, 0.15) is 11.6 Å². The first-order valence-corrected chi connectivity index (χ1v) is 5.96. The fourth-order valence-corrected chi connectivity index (χ4v) is 2.43. The predicted molar refractivity (Wildman–Crippen MR) is 73.3 cm³/mol. The highest BCUT2D eigenvalue weighted by Crippen LogP contribution is 2.22. The van der Waals surface area contributed by atoms with E-state index in [9.17, 15) is 0 Å². The molecule has 0 saturated heterocycles. The highest BCUT2D eigenvalue weighted by Gasteiger charge is 2.10. The van der Waals surface area contributed by atoms with Crippen LogP contribution < -0.4 is 5.73 Å². The maximum atomic E-state index is 5.71. The number of hydrogen-bond acceptors (Lipinski definition) is 2. The Morgan fingerprint density at radius 1 is 1.11 bits per heavy atom. The first-order chi connectivity index (χ1) is 8.65. The zero-order valence-corrected chi connectivity index (χ0v) is 10.6. The van der Waals surface area contributed by atoms with E-state index in [1.165, 1.54) is 16.5 Å². The first kappa shape index (κ1) is 10.9. The number of para-hydroxylation sites is 1. The Kier molecular flexibility index (Phi) is 2.37. The van der Waals surface area contributed by atoms with Crippen LogP contribution in [0.1, 0.15) is 11.4 Å². The van der Waals surface area contributed by atoms with Crippen molar-refractivity contribution in [1.82, 2.24) is 14.1 Å². The molecule has 0 aliphatic carbocycles. The van der Waals surface area contributed by atoms with Crippen molar-refractivity contribution in [2.24, 2.45) is 14.1 Å². The Labute approximate surface area is 106 Å². The molecule has 3 rings (SSSR count). The zero-order valence-electron chi connectivity index (χ0n) is 10.6. The number of aryl methyl sites for hydroxylation is 2. The van der Waals surface area contributed by atoms with Crippen molar-refractivity contribution in [2.75, 3.05) is 5.73 Å². The highest BCUT2D eigenvalue weighted by atomic mass is 15.1. The Hall–Kier alpha value is -2.23. The molecule has 2 N–H and O–H groups in total. The summed E-state index contributed by atoms with van der Waals surface area (Å²) in [5, 5.41) is 1.28. The van der Waals surface area contributed by atoms with Crippen molar-refractivity contribution >= 4 is 16.7 Å². The number of imidazole rings is 1. The molecule has 1 aromatic carbocycles. The maximum Gasteiger partial charge on any atom is 0.141 e. The third-order valence-electron chi connectivity index (χ3n) is 3.32. The molecular weight excluding hydrogens is 224 g/mol. The van der Waals surface area contributed by atoms with E-state index in [-0.39, 0.29) is 0 Å². The molecule has 0 radical (unpaired) electrons. The number of anilines is 1. The summed E-state index contributed by atoms with van der Waals surface area (Å²) in [5.41, 5.74) is 8.24. The third kappa shape index (κ3) is 1.66. The highest BCUT2D eigenvalue weighted by molar-refractivity contribution is 5.84. The molecule has 0 fully saturated rings. The molecule has 0 aliphatic rings. The van der Waals surface area contributed by atoms with E-state index in [2.05, 4.69) is 47.1 Å². The molecule has 0 bridgehead atoms. The monoisotopic (exact) mass is 240 g/mol. The van der Waals surface area contributed by atoms with Crippen LogP contribution in [-0.4, -0.2) is 14.1 Å². The Balaban J connectivity index is 2.08. The molecule has 0 amide bonds. The van der Waals surface area contributed by atoms with Crippen molar-refractivity contribution in [1.29, 1.82) is 0 Å². The van der Waals surface area contributed by atoms with Crippen LogP contribution in [0.5, 0.6) is 0 Å². The van der Waals surface area contributed by atoms with E-state index in [1.54, 1.807) is 0 Å². The minimum atomic E-state index is 0.577. The molecule has 3 aromatic rings. The number of fused-ring (bicyclic) bond motifs is 1. The minimum Gasteiger partial charge on any atom is -0.382 e. The van der Waals surface area contributed by atoms with Gasteiger partial charge in [0.05, 0.1) is 0 Å². The molecule has 4 nitrogen and oxygen atoms in total. The maximum absolute atomic E-state index is 5.71. The number of nitrogens with two attached hydrogens (primary N) is 1. The van der Waals surface area contributed by atoms with Crippen LogP contribution in [0, 0.1) is 0 Å². The fraction of sp³-hybridized carbons (Fsp3) is 0.214. The van der Waals surface area contributed by atoms with Gasteiger partial charge >= 0.3 is 0 Å².